The molecule has 0 aromatic heterocycles. The Morgan fingerprint density at radius 1 is 1.24 bits per heavy atom. The van der Waals surface area contributed by atoms with Crippen LogP contribution in [0.5, 0.6) is 0 Å². The number of hydrogen-bond acceptors (Lipinski definition) is 7. The van der Waals surface area contributed by atoms with Crippen molar-refractivity contribution in [3.8, 4) is 6.07 Å². The zero-order chi connectivity index (χ0) is 27.7. The average Bonchev–Trinajstić information content (AvgIpc) is 2.90. The number of nitrogens with zero attached hydrogens (tertiary/aromatic N) is 2. The van der Waals surface area contributed by atoms with Crippen LogP contribution in [0.4, 0.5) is 14.5 Å². The lowest BCUT2D eigenvalue weighted by molar-refractivity contribution is -0.145. The second kappa shape index (κ2) is 14.4. The molecule has 0 spiro atoms. The lowest BCUT2D eigenvalue weighted by atomic mass is 9.84. The molecule has 0 bridgehead atoms. The van der Waals surface area contributed by atoms with E-state index in [0.29, 0.717) is 34.9 Å². The molecule has 2 aromatic rings. The molecule has 2 aromatic carbocycles. The van der Waals surface area contributed by atoms with Crippen molar-refractivity contribution in [1.29, 1.82) is 5.26 Å². The number of benzene rings is 2. The molecule has 0 saturated heterocycles. The van der Waals surface area contributed by atoms with Crippen molar-refractivity contribution >= 4 is 46.9 Å². The number of thioether (sulfide) groups is 1. The number of anilines is 1. The molecule has 6 nitrogen and oxygen atoms in total. The van der Waals surface area contributed by atoms with Gasteiger partial charge in [0.15, 0.2) is 0 Å². The van der Waals surface area contributed by atoms with Crippen molar-refractivity contribution in [3.63, 3.8) is 0 Å². The summed E-state index contributed by atoms with van der Waals surface area (Å²) in [6.07, 6.45) is 4.87. The highest BCUT2D eigenvalue weighted by Crippen LogP contribution is 2.34. The fourth-order valence-corrected chi connectivity index (χ4v) is 6.38. The van der Waals surface area contributed by atoms with Crippen LogP contribution in [0.2, 0.25) is 5.02 Å². The molecule has 1 fully saturated rings. The molecule has 11 heteroatoms. The van der Waals surface area contributed by atoms with E-state index in [2.05, 4.69) is 16.1 Å². The lowest BCUT2D eigenvalue weighted by Gasteiger charge is -2.34. The normalized spacial score (nSPS) is 15.6. The Balaban J connectivity index is 1.73. The van der Waals surface area contributed by atoms with Crippen molar-refractivity contribution in [2.24, 2.45) is 0 Å². The summed E-state index contributed by atoms with van der Waals surface area (Å²) in [4.78, 5) is 16.0. The van der Waals surface area contributed by atoms with Gasteiger partial charge in [0, 0.05) is 28.7 Å². The van der Waals surface area contributed by atoms with E-state index < -0.39 is 17.2 Å². The zero-order valence-corrected chi connectivity index (χ0v) is 24.2. The zero-order valence-electron chi connectivity index (χ0n) is 21.8. The van der Waals surface area contributed by atoms with Crippen LogP contribution < -0.4 is 10.0 Å². The predicted octanol–water partition coefficient (Wildman–Crippen LogP) is 6.49. The van der Waals surface area contributed by atoms with Crippen molar-refractivity contribution in [3.05, 3.63) is 52.6 Å². The van der Waals surface area contributed by atoms with Crippen molar-refractivity contribution in [2.45, 2.75) is 60.0 Å². The summed E-state index contributed by atoms with van der Waals surface area (Å²) < 4.78 is 37.1. The number of carbonyl (C=O) groups excluding carboxylic acids is 1. The van der Waals surface area contributed by atoms with Crippen molar-refractivity contribution in [2.75, 3.05) is 38.8 Å². The van der Waals surface area contributed by atoms with E-state index in [1.165, 1.54) is 30.0 Å². The first-order valence-corrected chi connectivity index (χ1v) is 14.6. The third kappa shape index (κ3) is 8.23. The van der Waals surface area contributed by atoms with Gasteiger partial charge in [-0.15, -0.1) is 11.8 Å². The van der Waals surface area contributed by atoms with Crippen molar-refractivity contribution in [1.82, 2.24) is 9.62 Å². The number of carbonyl (C=O) groups is 1. The number of hydrogen-bond donors (Lipinski definition) is 2. The summed E-state index contributed by atoms with van der Waals surface area (Å²) in [7, 11) is 5.44. The van der Waals surface area contributed by atoms with E-state index in [1.54, 1.807) is 19.2 Å². The molecule has 206 valence electrons. The number of ether oxygens (including phenoxy) is 1. The Hall–Kier alpha value is -2.03. The lowest BCUT2D eigenvalue weighted by Crippen LogP contribution is -2.47. The number of nitriles is 1. The van der Waals surface area contributed by atoms with Crippen LogP contribution in [0, 0.1) is 23.0 Å². The summed E-state index contributed by atoms with van der Waals surface area (Å²) in [6, 6.07) is 8.97. The largest absolute Gasteiger partial charge is 0.378 e. The van der Waals surface area contributed by atoms with E-state index in [0.717, 1.165) is 42.7 Å². The van der Waals surface area contributed by atoms with Gasteiger partial charge >= 0.3 is 0 Å². The molecule has 1 aliphatic rings. The molecule has 1 atom stereocenters. The summed E-state index contributed by atoms with van der Waals surface area (Å²) >= 11 is 8.59. The molecule has 0 heterocycles. The van der Waals surface area contributed by atoms with E-state index in [-0.39, 0.29) is 23.2 Å². The first-order chi connectivity index (χ1) is 18.2. The van der Waals surface area contributed by atoms with Gasteiger partial charge < -0.3 is 15.0 Å². The minimum absolute atomic E-state index is 0.110. The minimum Gasteiger partial charge on any atom is -0.378 e. The highest BCUT2D eigenvalue weighted by molar-refractivity contribution is 7.99. The van der Waals surface area contributed by atoms with Crippen LogP contribution in [0.1, 0.15) is 44.1 Å². The Morgan fingerprint density at radius 2 is 1.97 bits per heavy atom. The Morgan fingerprint density at radius 3 is 2.61 bits per heavy atom. The van der Waals surface area contributed by atoms with Crippen LogP contribution in [-0.4, -0.2) is 56.0 Å². The van der Waals surface area contributed by atoms with Gasteiger partial charge in [-0.2, -0.15) is 5.26 Å². The molecule has 2 N–H and O–H groups in total. The maximum Gasteiger partial charge on any atom is 0.262 e. The van der Waals surface area contributed by atoms with E-state index in [4.69, 9.17) is 16.3 Å². The van der Waals surface area contributed by atoms with Gasteiger partial charge in [-0.05, 0) is 82.2 Å². The molecule has 0 radical (unpaired) electrons. The van der Waals surface area contributed by atoms with Crippen molar-refractivity contribution < 1.29 is 18.3 Å². The van der Waals surface area contributed by atoms with Crippen LogP contribution in [0.3, 0.4) is 0 Å². The molecule has 1 aliphatic carbocycles. The number of methoxy groups -OCH3 is 1. The highest BCUT2D eigenvalue weighted by Gasteiger charge is 2.39. The number of halogens is 3. The summed E-state index contributed by atoms with van der Waals surface area (Å²) in [5.74, 6) is -0.715. The highest BCUT2D eigenvalue weighted by atomic mass is 35.5. The second-order valence-electron chi connectivity index (χ2n) is 9.55. The molecular weight excluding hydrogens is 550 g/mol. The Labute approximate surface area is 236 Å². The molecule has 3 rings (SSSR count). The number of nitrogens with one attached hydrogen (secondary N) is 2. The Kier molecular flexibility index (Phi) is 11.5. The molecule has 1 saturated carbocycles. The van der Waals surface area contributed by atoms with Gasteiger partial charge in [-0.25, -0.2) is 8.78 Å². The average molecular weight is 583 g/mol. The number of rotatable bonds is 12. The summed E-state index contributed by atoms with van der Waals surface area (Å²) in [5, 5.41) is 13.3. The second-order valence-corrected chi connectivity index (χ2v) is 11.9. The van der Waals surface area contributed by atoms with Gasteiger partial charge in [0.2, 0.25) is 0 Å². The number of amides is 1. The fourth-order valence-electron chi connectivity index (χ4n) is 4.32. The van der Waals surface area contributed by atoms with Gasteiger partial charge in [0.05, 0.1) is 16.3 Å². The van der Waals surface area contributed by atoms with Gasteiger partial charge in [-0.1, -0.05) is 30.9 Å². The molecule has 38 heavy (non-hydrogen) atoms. The van der Waals surface area contributed by atoms with Gasteiger partial charge in [0.25, 0.3) is 5.91 Å². The molecular formula is C27H33ClF2N4O2S2. The minimum atomic E-state index is -0.867. The van der Waals surface area contributed by atoms with Crippen LogP contribution in [0.15, 0.2) is 40.1 Å². The SMILES string of the molecule is COC1(C(=O)NSc2cc(F)c(NC(CCN(C)C)CSc3ccc(F)cc3Cl)c(C#N)c2)CCCCC1. The van der Waals surface area contributed by atoms with Gasteiger partial charge in [0.1, 0.15) is 23.3 Å². The molecule has 1 unspecified atom stereocenters. The van der Waals surface area contributed by atoms with E-state index >= 15 is 4.39 Å². The fraction of sp³-hybridized carbons (Fsp3) is 0.481. The maximum absolute atomic E-state index is 15.3. The van der Waals surface area contributed by atoms with Gasteiger partial charge in [-0.3, -0.25) is 9.52 Å². The predicted molar refractivity (Wildman–Crippen MR) is 151 cm³/mol. The molecule has 0 aliphatic heterocycles. The monoisotopic (exact) mass is 582 g/mol. The third-order valence-corrected chi connectivity index (χ3v) is 8.94. The smallest absolute Gasteiger partial charge is 0.262 e. The first kappa shape index (κ1) is 30.5. The quantitative estimate of drug-likeness (QED) is 0.219. The summed E-state index contributed by atoms with van der Waals surface area (Å²) in [6.45, 7) is 0.736. The first-order valence-electron chi connectivity index (χ1n) is 12.4. The standard InChI is InChI=1S/C27H33ClF2N4O2S2/c1-34(2)12-9-20(17-37-24-8-7-19(29)14-22(24)28)32-25-18(16-31)13-21(15-23(25)30)38-33-26(35)27(36-3)10-5-4-6-11-27/h7-8,13-15,20,32H,4-6,9-12,17H2,1-3H3,(H,33,35). The van der Waals surface area contributed by atoms with Crippen LogP contribution in [-0.2, 0) is 9.53 Å². The van der Waals surface area contributed by atoms with E-state index in [9.17, 15) is 14.4 Å². The topological polar surface area (TPSA) is 77.4 Å². The third-order valence-electron chi connectivity index (χ3n) is 6.52. The molecule has 1 amide bonds. The van der Waals surface area contributed by atoms with E-state index in [1.807, 2.05) is 19.0 Å². The summed E-state index contributed by atoms with van der Waals surface area (Å²) in [5.41, 5.74) is -0.618. The Bertz CT molecular complexity index is 1160. The van der Waals surface area contributed by atoms with Crippen LogP contribution in [0.25, 0.3) is 0 Å². The van der Waals surface area contributed by atoms with Crippen LogP contribution >= 0.6 is 35.3 Å². The maximum atomic E-state index is 15.3.